The first-order valence-corrected chi connectivity index (χ1v) is 11.7. The molecular weight excluding hydrogens is 390 g/mol. The lowest BCUT2D eigenvalue weighted by atomic mass is 9.89. The summed E-state index contributed by atoms with van der Waals surface area (Å²) in [5.74, 6) is 1.33. The molecule has 1 amide bonds. The first kappa shape index (κ1) is 19.2. The SMILES string of the molecule is N#Cc1c(SCC(=O)Nc2nccs2)[nH+]c(N2CCCCC2)c2c1CCCC2. The van der Waals surface area contributed by atoms with Gasteiger partial charge in [-0.25, -0.2) is 9.97 Å². The molecule has 1 aliphatic heterocycles. The van der Waals surface area contributed by atoms with E-state index < -0.39 is 0 Å². The molecule has 0 saturated carbocycles. The van der Waals surface area contributed by atoms with Crippen molar-refractivity contribution in [2.75, 3.05) is 29.1 Å². The molecule has 146 valence electrons. The van der Waals surface area contributed by atoms with Crippen molar-refractivity contribution in [1.82, 2.24) is 4.98 Å². The first-order valence-electron chi connectivity index (χ1n) is 9.84. The van der Waals surface area contributed by atoms with Crippen LogP contribution in [0.2, 0.25) is 0 Å². The number of fused-ring (bicyclic) bond motifs is 1. The smallest absolute Gasteiger partial charge is 0.278 e. The summed E-state index contributed by atoms with van der Waals surface area (Å²) in [5.41, 5.74) is 3.24. The van der Waals surface area contributed by atoms with Crippen LogP contribution in [0.15, 0.2) is 16.6 Å². The number of carbonyl (C=O) groups is 1. The number of nitrogens with one attached hydrogen (secondary N) is 2. The number of H-pyrrole nitrogens is 1. The number of aromatic amines is 1. The largest absolute Gasteiger partial charge is 0.301 e. The Labute approximate surface area is 173 Å². The third-order valence-electron chi connectivity index (χ3n) is 5.32. The van der Waals surface area contributed by atoms with Crippen LogP contribution in [0.5, 0.6) is 0 Å². The molecule has 2 aliphatic rings. The lowest BCUT2D eigenvalue weighted by Gasteiger charge is -2.26. The van der Waals surface area contributed by atoms with Gasteiger partial charge < -0.3 is 5.32 Å². The highest BCUT2D eigenvalue weighted by Gasteiger charge is 2.30. The molecule has 28 heavy (non-hydrogen) atoms. The van der Waals surface area contributed by atoms with Gasteiger partial charge in [-0.1, -0.05) is 11.8 Å². The molecule has 0 aromatic carbocycles. The van der Waals surface area contributed by atoms with Crippen LogP contribution < -0.4 is 15.2 Å². The fourth-order valence-electron chi connectivity index (χ4n) is 4.02. The molecule has 0 spiro atoms. The van der Waals surface area contributed by atoms with Crippen molar-refractivity contribution in [3.05, 3.63) is 28.3 Å². The second kappa shape index (κ2) is 8.93. The molecule has 0 unspecified atom stereocenters. The number of thiazole rings is 1. The highest BCUT2D eigenvalue weighted by Crippen LogP contribution is 2.34. The number of nitriles is 1. The Morgan fingerprint density at radius 1 is 1.25 bits per heavy atom. The zero-order valence-electron chi connectivity index (χ0n) is 15.8. The minimum absolute atomic E-state index is 0.102. The van der Waals surface area contributed by atoms with E-state index in [-0.39, 0.29) is 11.7 Å². The topological polar surface area (TPSA) is 83.2 Å². The summed E-state index contributed by atoms with van der Waals surface area (Å²) < 4.78 is 0. The third kappa shape index (κ3) is 4.15. The van der Waals surface area contributed by atoms with Crippen LogP contribution in [0.1, 0.15) is 48.8 Å². The zero-order valence-corrected chi connectivity index (χ0v) is 17.4. The molecule has 2 aromatic heterocycles. The first-order chi connectivity index (χ1) is 13.8. The maximum atomic E-state index is 12.3. The van der Waals surface area contributed by atoms with Crippen molar-refractivity contribution in [3.63, 3.8) is 0 Å². The highest BCUT2D eigenvalue weighted by molar-refractivity contribution is 7.99. The van der Waals surface area contributed by atoms with E-state index in [4.69, 9.17) is 0 Å². The van der Waals surface area contributed by atoms with Crippen LogP contribution in [0.3, 0.4) is 0 Å². The lowest BCUT2D eigenvalue weighted by molar-refractivity contribution is -0.414. The third-order valence-corrected chi connectivity index (χ3v) is 7.01. The number of nitrogens with zero attached hydrogens (tertiary/aromatic N) is 3. The molecule has 1 aliphatic carbocycles. The Balaban J connectivity index is 1.60. The number of thioether (sulfide) groups is 1. The molecule has 6 nitrogen and oxygen atoms in total. The molecule has 0 atom stereocenters. The van der Waals surface area contributed by atoms with Gasteiger partial charge in [-0.3, -0.25) is 9.69 Å². The Hall–Kier alpha value is -2.11. The van der Waals surface area contributed by atoms with Crippen molar-refractivity contribution in [3.8, 4) is 6.07 Å². The number of anilines is 2. The van der Waals surface area contributed by atoms with Crippen LogP contribution in [-0.4, -0.2) is 29.7 Å². The van der Waals surface area contributed by atoms with E-state index in [2.05, 4.69) is 26.3 Å². The van der Waals surface area contributed by atoms with E-state index in [9.17, 15) is 10.1 Å². The van der Waals surface area contributed by atoms with Gasteiger partial charge in [0.15, 0.2) is 10.2 Å². The van der Waals surface area contributed by atoms with Gasteiger partial charge >= 0.3 is 0 Å². The van der Waals surface area contributed by atoms with Gasteiger partial charge in [0.25, 0.3) is 5.82 Å². The average Bonchev–Trinajstić information content (AvgIpc) is 3.25. The maximum Gasteiger partial charge on any atom is 0.278 e. The molecule has 1 fully saturated rings. The standard InChI is InChI=1S/C20H23N5OS2/c21-12-16-14-6-2-3-7-15(14)18(25-9-4-1-5-10-25)24-19(16)28-13-17(26)23-20-22-8-11-27-20/h8,11H,1-7,9-10,13H2,(H,22,23,26)/p+1. The van der Waals surface area contributed by atoms with Gasteiger partial charge in [-0.15, -0.1) is 11.3 Å². The molecule has 3 heterocycles. The van der Waals surface area contributed by atoms with Gasteiger partial charge in [0.1, 0.15) is 11.6 Å². The van der Waals surface area contributed by atoms with Gasteiger partial charge in [-0.05, 0) is 50.5 Å². The van der Waals surface area contributed by atoms with E-state index in [0.29, 0.717) is 5.13 Å². The molecule has 1 saturated heterocycles. The van der Waals surface area contributed by atoms with E-state index in [1.807, 2.05) is 5.38 Å². The number of piperidine rings is 1. The normalized spacial score (nSPS) is 16.3. The molecule has 0 radical (unpaired) electrons. The highest BCUT2D eigenvalue weighted by atomic mass is 32.2. The Morgan fingerprint density at radius 2 is 2.04 bits per heavy atom. The fraction of sp³-hybridized carbons (Fsp3) is 0.500. The Bertz CT molecular complexity index is 885. The zero-order chi connectivity index (χ0) is 19.3. The van der Waals surface area contributed by atoms with Crippen LogP contribution in [-0.2, 0) is 17.6 Å². The predicted molar refractivity (Wildman–Crippen MR) is 112 cm³/mol. The summed E-state index contributed by atoms with van der Waals surface area (Å²) in [6.07, 6.45) is 9.66. The number of aromatic nitrogens is 2. The molecule has 2 aromatic rings. The second-order valence-corrected chi connectivity index (χ2v) is 9.06. The molecular formula is C20H24N5OS2+. The van der Waals surface area contributed by atoms with Crippen molar-refractivity contribution in [1.29, 1.82) is 5.26 Å². The van der Waals surface area contributed by atoms with E-state index >= 15 is 0 Å². The number of hydrogen-bond donors (Lipinski definition) is 1. The number of hydrogen-bond acceptors (Lipinski definition) is 6. The lowest BCUT2D eigenvalue weighted by Crippen LogP contribution is -2.37. The summed E-state index contributed by atoms with van der Waals surface area (Å²) in [7, 11) is 0. The van der Waals surface area contributed by atoms with Crippen LogP contribution in [0.25, 0.3) is 0 Å². The van der Waals surface area contributed by atoms with Crippen LogP contribution in [0.4, 0.5) is 10.9 Å². The fourth-order valence-corrected chi connectivity index (χ4v) is 5.39. The van der Waals surface area contributed by atoms with E-state index in [1.165, 1.54) is 65.7 Å². The predicted octanol–water partition coefficient (Wildman–Crippen LogP) is 3.43. The van der Waals surface area contributed by atoms with E-state index in [1.54, 1.807) is 6.20 Å². The van der Waals surface area contributed by atoms with Gasteiger partial charge in [0, 0.05) is 17.1 Å². The number of amides is 1. The van der Waals surface area contributed by atoms with Crippen LogP contribution >= 0.6 is 23.1 Å². The monoisotopic (exact) mass is 414 g/mol. The van der Waals surface area contributed by atoms with Crippen molar-refractivity contribution < 1.29 is 9.78 Å². The summed E-state index contributed by atoms with van der Waals surface area (Å²) >= 11 is 2.81. The Kier molecular flexibility index (Phi) is 6.13. The number of rotatable bonds is 5. The summed E-state index contributed by atoms with van der Waals surface area (Å²) in [4.78, 5) is 22.4. The van der Waals surface area contributed by atoms with Crippen LogP contribution in [0, 0.1) is 11.3 Å². The van der Waals surface area contributed by atoms with Gasteiger partial charge in [0.05, 0.1) is 18.8 Å². The van der Waals surface area contributed by atoms with Gasteiger partial charge in [-0.2, -0.15) is 5.26 Å². The number of carbonyl (C=O) groups excluding carboxylic acids is 1. The molecule has 2 N–H and O–H groups in total. The average molecular weight is 415 g/mol. The Morgan fingerprint density at radius 3 is 2.75 bits per heavy atom. The van der Waals surface area contributed by atoms with E-state index in [0.717, 1.165) is 42.9 Å². The summed E-state index contributed by atoms with van der Waals surface area (Å²) in [5, 5.41) is 15.9. The minimum Gasteiger partial charge on any atom is -0.301 e. The second-order valence-electron chi connectivity index (χ2n) is 7.18. The summed E-state index contributed by atoms with van der Waals surface area (Å²) in [6, 6.07) is 2.41. The maximum absolute atomic E-state index is 12.3. The van der Waals surface area contributed by atoms with Crippen molar-refractivity contribution in [2.45, 2.75) is 50.0 Å². The quantitative estimate of drug-likeness (QED) is 0.758. The summed E-state index contributed by atoms with van der Waals surface area (Å²) in [6.45, 7) is 2.12. The minimum atomic E-state index is -0.102. The van der Waals surface area contributed by atoms with Crippen molar-refractivity contribution >= 4 is 40.0 Å². The van der Waals surface area contributed by atoms with Crippen molar-refractivity contribution in [2.24, 2.45) is 0 Å². The molecule has 0 bridgehead atoms. The molecule has 8 heteroatoms. The molecule has 4 rings (SSSR count). The van der Waals surface area contributed by atoms with Gasteiger partial charge in [0.2, 0.25) is 5.91 Å². The number of pyridine rings is 1.